The van der Waals surface area contributed by atoms with Gasteiger partial charge in [0.15, 0.2) is 5.69 Å². The van der Waals surface area contributed by atoms with Crippen molar-refractivity contribution in [2.75, 3.05) is 5.32 Å². The highest BCUT2D eigenvalue weighted by Gasteiger charge is 2.48. The molecular formula is C26H32FN7O3. The van der Waals surface area contributed by atoms with Gasteiger partial charge < -0.3 is 10.6 Å². The summed E-state index contributed by atoms with van der Waals surface area (Å²) in [6, 6.07) is 1.84. The Labute approximate surface area is 219 Å². The van der Waals surface area contributed by atoms with Crippen LogP contribution < -0.4 is 10.6 Å². The summed E-state index contributed by atoms with van der Waals surface area (Å²) < 4.78 is 51.0. The van der Waals surface area contributed by atoms with Crippen molar-refractivity contribution >= 4 is 17.6 Å². The molecule has 3 aromatic rings. The topological polar surface area (TPSA) is 139 Å². The van der Waals surface area contributed by atoms with Gasteiger partial charge in [0.05, 0.1) is 5.69 Å². The molecule has 1 unspecified atom stereocenters. The van der Waals surface area contributed by atoms with Crippen molar-refractivity contribution in [1.82, 2.24) is 30.8 Å². The Morgan fingerprint density at radius 1 is 1.24 bits per heavy atom. The highest BCUT2D eigenvalue weighted by Crippen LogP contribution is 2.51. The zero-order chi connectivity index (χ0) is 29.6. The van der Waals surface area contributed by atoms with Crippen molar-refractivity contribution in [2.24, 2.45) is 17.8 Å². The van der Waals surface area contributed by atoms with Crippen molar-refractivity contribution in [3.8, 4) is 11.1 Å². The second-order valence-electron chi connectivity index (χ2n) is 10.1. The van der Waals surface area contributed by atoms with Crippen molar-refractivity contribution in [3.05, 3.63) is 40.9 Å². The molecule has 2 amide bonds. The van der Waals surface area contributed by atoms with E-state index in [4.69, 9.17) is 10.1 Å². The van der Waals surface area contributed by atoms with Crippen molar-refractivity contribution in [1.29, 1.82) is 0 Å². The number of hydrogen-bond donors (Lipinski definition) is 3. The molecule has 0 aromatic carbocycles. The van der Waals surface area contributed by atoms with E-state index in [-0.39, 0.29) is 40.2 Å². The first-order chi connectivity index (χ1) is 19.4. The van der Waals surface area contributed by atoms with Gasteiger partial charge in [0, 0.05) is 28.2 Å². The number of hydrogen-bond acceptors (Lipinski definition) is 7. The number of aromatic amines is 1. The second kappa shape index (κ2) is 10.0. The predicted octanol–water partition coefficient (Wildman–Crippen LogP) is 4.16. The molecule has 3 aromatic heterocycles. The highest BCUT2D eigenvalue weighted by atomic mass is 19.1. The average Bonchev–Trinajstić information content (AvgIpc) is 3.83. The molecule has 5 rings (SSSR count). The zero-order valence-electron chi connectivity index (χ0n) is 24.8. The molecule has 0 bridgehead atoms. The lowest BCUT2D eigenvalue weighted by atomic mass is 9.88. The summed E-state index contributed by atoms with van der Waals surface area (Å²) in [5.74, 6) is -1.76. The molecule has 37 heavy (non-hydrogen) atoms. The molecule has 3 heterocycles. The molecule has 11 heteroatoms. The molecule has 0 radical (unpaired) electrons. The second-order valence-corrected chi connectivity index (χ2v) is 10.1. The molecule has 2 aliphatic carbocycles. The van der Waals surface area contributed by atoms with Gasteiger partial charge in [0.25, 0.3) is 5.91 Å². The maximum Gasteiger partial charge on any atom is 0.276 e. The number of carbonyl (C=O) groups excluding carboxylic acids is 2. The number of anilines is 1. The number of amides is 2. The quantitative estimate of drug-likeness (QED) is 0.346. The van der Waals surface area contributed by atoms with E-state index in [1.807, 2.05) is 13.8 Å². The van der Waals surface area contributed by atoms with Crippen LogP contribution in [0, 0.1) is 30.6 Å². The van der Waals surface area contributed by atoms with E-state index in [9.17, 15) is 9.59 Å². The Bertz CT molecular complexity index is 1440. The number of nitrogens with zero attached hydrogens (tertiary/aromatic N) is 4. The lowest BCUT2D eigenvalue weighted by Gasteiger charge is -2.27. The van der Waals surface area contributed by atoms with Crippen LogP contribution in [0.3, 0.4) is 0 Å². The van der Waals surface area contributed by atoms with E-state index in [0.717, 1.165) is 25.7 Å². The fourth-order valence-electron chi connectivity index (χ4n) is 4.96. The zero-order valence-corrected chi connectivity index (χ0v) is 20.8. The monoisotopic (exact) mass is 513 g/mol. The van der Waals surface area contributed by atoms with Gasteiger partial charge in [-0.15, -0.1) is 0 Å². The lowest BCUT2D eigenvalue weighted by molar-refractivity contribution is -0.119. The van der Waals surface area contributed by atoms with Gasteiger partial charge in [-0.3, -0.25) is 14.7 Å². The van der Waals surface area contributed by atoms with Crippen LogP contribution in [0.5, 0.6) is 0 Å². The van der Waals surface area contributed by atoms with E-state index < -0.39 is 37.1 Å². The fraction of sp³-hybridized carbons (Fsp3) is 0.538. The number of aryl methyl sites for hydroxylation is 2. The largest absolute Gasteiger partial charge is 0.338 e. The van der Waals surface area contributed by atoms with Crippen LogP contribution in [0.15, 0.2) is 16.8 Å². The molecule has 10 nitrogen and oxygen atoms in total. The number of carbonyl (C=O) groups is 2. The van der Waals surface area contributed by atoms with Gasteiger partial charge in [-0.25, -0.2) is 9.61 Å². The molecule has 0 saturated heterocycles. The number of rotatable bonds is 10. The van der Waals surface area contributed by atoms with Crippen molar-refractivity contribution < 1.29 is 24.1 Å². The van der Waals surface area contributed by atoms with Gasteiger partial charge in [0.1, 0.15) is 17.6 Å². The molecule has 2 aliphatic rings. The van der Waals surface area contributed by atoms with Gasteiger partial charge >= 0.3 is 0 Å². The summed E-state index contributed by atoms with van der Waals surface area (Å²) in [5, 5.41) is 19.6. The molecule has 2 fully saturated rings. The first-order valence-electron chi connectivity index (χ1n) is 14.5. The molecule has 2 saturated carbocycles. The lowest BCUT2D eigenvalue weighted by Crippen LogP contribution is -2.50. The molecule has 0 spiro atoms. The Balaban J connectivity index is 1.40. The third-order valence-corrected chi connectivity index (χ3v) is 7.05. The number of halogens is 1. The Kier molecular flexibility index (Phi) is 5.54. The Morgan fingerprint density at radius 3 is 2.59 bits per heavy atom. The van der Waals surface area contributed by atoms with Crippen LogP contribution in [0.2, 0.25) is 0 Å². The van der Waals surface area contributed by atoms with E-state index in [0.29, 0.717) is 23.2 Å². The van der Waals surface area contributed by atoms with Crippen molar-refractivity contribution in [3.63, 3.8) is 0 Å². The van der Waals surface area contributed by atoms with Gasteiger partial charge in [-0.05, 0) is 74.0 Å². The number of aromatic nitrogens is 5. The number of nitrogens with one attached hydrogen (secondary N) is 3. The number of pyridine rings is 1. The predicted molar refractivity (Wildman–Crippen MR) is 133 cm³/mol. The number of H-pyrrole nitrogens is 1. The van der Waals surface area contributed by atoms with Crippen molar-refractivity contribution in [2.45, 2.75) is 71.7 Å². The summed E-state index contributed by atoms with van der Waals surface area (Å²) in [6.45, 7) is 2.61. The van der Waals surface area contributed by atoms with Crippen LogP contribution in [0.1, 0.15) is 85.4 Å². The maximum absolute atomic E-state index is 15.3. The van der Waals surface area contributed by atoms with E-state index >= 15 is 4.39 Å². The molecule has 196 valence electrons. The summed E-state index contributed by atoms with van der Waals surface area (Å²) in [4.78, 5) is 30.7. The standard InChI is InChI=1S/C26H32FN7O3/c1-5-17-19(13(4)31-32-17)16-10-11-18(28-24(16)27)29-25(35)22(20(14-6-7-14)15-8-9-15)30-26(36)23-21(12(2)3)33-37-34-23/h10-12,14-15,20,22H,5-9H2,1-4H3,(H,30,36)(H,31,32)(H,28,29,35)/t22-/m0/s1/i1D3,5D/t5?,22-. The summed E-state index contributed by atoms with van der Waals surface area (Å²) in [5.41, 5.74) is 0.748. The first kappa shape index (κ1) is 20.4. The normalized spacial score (nSPS) is 19.1. The minimum absolute atomic E-state index is 0.0210. The maximum atomic E-state index is 15.3. The average molecular weight is 514 g/mol. The van der Waals surface area contributed by atoms with Crippen LogP contribution in [-0.2, 0) is 11.2 Å². The molecule has 3 N–H and O–H groups in total. The SMILES string of the molecule is [2H]C(c1[nH]nc(C)c1-c1ccc(NC(=O)[C@@H](NC(=O)c2nonc2C(C)C)C(C2CC2)C2CC2)nc1F)C([2H])([2H])[2H]. The van der Waals surface area contributed by atoms with E-state index in [1.54, 1.807) is 6.92 Å². The summed E-state index contributed by atoms with van der Waals surface area (Å²) in [6.07, 6.45) is 2.19. The van der Waals surface area contributed by atoms with Crippen LogP contribution in [0.25, 0.3) is 11.1 Å². The summed E-state index contributed by atoms with van der Waals surface area (Å²) in [7, 11) is 0. The Morgan fingerprint density at radius 2 is 1.97 bits per heavy atom. The van der Waals surface area contributed by atoms with E-state index in [2.05, 4.69) is 36.1 Å². The Hall–Kier alpha value is -3.63. The van der Waals surface area contributed by atoms with Crippen LogP contribution in [-0.4, -0.2) is 43.4 Å². The minimum Gasteiger partial charge on any atom is -0.338 e. The van der Waals surface area contributed by atoms with Crippen LogP contribution in [0.4, 0.5) is 10.2 Å². The van der Waals surface area contributed by atoms with Gasteiger partial charge in [-0.1, -0.05) is 25.9 Å². The smallest absolute Gasteiger partial charge is 0.276 e. The van der Waals surface area contributed by atoms with Gasteiger partial charge in [-0.2, -0.15) is 9.49 Å². The van der Waals surface area contributed by atoms with Gasteiger partial charge in [0.2, 0.25) is 11.9 Å². The summed E-state index contributed by atoms with van der Waals surface area (Å²) >= 11 is 0. The van der Waals surface area contributed by atoms with Crippen LogP contribution >= 0.6 is 0 Å². The highest BCUT2D eigenvalue weighted by molar-refractivity contribution is 6.00. The fourth-order valence-corrected chi connectivity index (χ4v) is 4.96. The third kappa shape index (κ3) is 5.12. The first-order valence-corrected chi connectivity index (χ1v) is 12.4. The third-order valence-electron chi connectivity index (χ3n) is 7.05. The molecule has 0 aliphatic heterocycles. The van der Waals surface area contributed by atoms with E-state index in [1.165, 1.54) is 12.1 Å². The minimum atomic E-state index is -2.65. The molecular weight excluding hydrogens is 477 g/mol. The molecule has 2 atom stereocenters.